The van der Waals surface area contributed by atoms with Crippen LogP contribution in [0.2, 0.25) is 5.02 Å². The van der Waals surface area contributed by atoms with Gasteiger partial charge in [-0.25, -0.2) is 0 Å². The summed E-state index contributed by atoms with van der Waals surface area (Å²) in [5, 5.41) is 14.5. The van der Waals surface area contributed by atoms with E-state index in [1.165, 1.54) is 12.8 Å². The van der Waals surface area contributed by atoms with Crippen LogP contribution in [-0.2, 0) is 13.5 Å². The Morgan fingerprint density at radius 2 is 2.43 bits per heavy atom. The predicted molar refractivity (Wildman–Crippen MR) is 55.3 cm³/mol. The van der Waals surface area contributed by atoms with Crippen LogP contribution in [0.4, 0.5) is 0 Å². The van der Waals surface area contributed by atoms with Gasteiger partial charge in [0.2, 0.25) is 0 Å². The maximum Gasteiger partial charge on any atom is 0.0817 e. The first-order chi connectivity index (χ1) is 6.68. The van der Waals surface area contributed by atoms with Gasteiger partial charge < -0.3 is 5.11 Å². The van der Waals surface area contributed by atoms with Crippen molar-refractivity contribution in [2.75, 3.05) is 0 Å². The molecule has 0 saturated heterocycles. The Bertz CT molecular complexity index is 300. The molecule has 1 atom stereocenters. The van der Waals surface area contributed by atoms with E-state index in [4.69, 9.17) is 11.6 Å². The lowest BCUT2D eigenvalue weighted by Crippen LogP contribution is -2.11. The van der Waals surface area contributed by atoms with Crippen LogP contribution < -0.4 is 0 Å². The Hall–Kier alpha value is -0.540. The van der Waals surface area contributed by atoms with Crippen LogP contribution >= 0.6 is 11.6 Å². The zero-order valence-corrected chi connectivity index (χ0v) is 9.04. The Morgan fingerprint density at radius 3 is 2.93 bits per heavy atom. The van der Waals surface area contributed by atoms with Crippen molar-refractivity contribution in [1.29, 1.82) is 0 Å². The van der Waals surface area contributed by atoms with Crippen molar-refractivity contribution >= 4 is 11.6 Å². The van der Waals surface area contributed by atoms with Gasteiger partial charge >= 0.3 is 0 Å². The molecular formula is C10H15ClN2O. The minimum Gasteiger partial charge on any atom is -0.393 e. The smallest absolute Gasteiger partial charge is 0.0817 e. The molecule has 0 spiro atoms. The second kappa shape index (κ2) is 3.91. The summed E-state index contributed by atoms with van der Waals surface area (Å²) < 4.78 is 1.78. The summed E-state index contributed by atoms with van der Waals surface area (Å²) in [7, 11) is 1.88. The van der Waals surface area contributed by atoms with Gasteiger partial charge in [0.25, 0.3) is 0 Å². The number of nitrogens with zero attached hydrogens (tertiary/aromatic N) is 2. The summed E-state index contributed by atoms with van der Waals surface area (Å²) in [6.07, 6.45) is 5.47. The third-order valence-electron chi connectivity index (χ3n) is 2.85. The first-order valence-electron chi connectivity index (χ1n) is 5.03. The molecule has 78 valence electrons. The van der Waals surface area contributed by atoms with E-state index >= 15 is 0 Å². The Balaban J connectivity index is 1.90. The van der Waals surface area contributed by atoms with Crippen LogP contribution in [0.25, 0.3) is 0 Å². The number of rotatable bonds is 4. The zero-order chi connectivity index (χ0) is 10.1. The molecule has 1 fully saturated rings. The highest BCUT2D eigenvalue weighted by molar-refractivity contribution is 6.31. The van der Waals surface area contributed by atoms with E-state index in [0.717, 1.165) is 18.5 Å². The second-order valence-corrected chi connectivity index (χ2v) is 4.41. The fraction of sp³-hybridized carbons (Fsp3) is 0.700. The van der Waals surface area contributed by atoms with Crippen LogP contribution in [0.5, 0.6) is 0 Å². The van der Waals surface area contributed by atoms with Crippen molar-refractivity contribution in [3.05, 3.63) is 16.9 Å². The van der Waals surface area contributed by atoms with Gasteiger partial charge in [0.15, 0.2) is 0 Å². The van der Waals surface area contributed by atoms with E-state index in [1.807, 2.05) is 7.05 Å². The minimum atomic E-state index is -0.152. The summed E-state index contributed by atoms with van der Waals surface area (Å²) in [4.78, 5) is 0. The summed E-state index contributed by atoms with van der Waals surface area (Å²) in [5.74, 6) is 0.544. The number of aromatic nitrogens is 2. The molecule has 0 aliphatic heterocycles. The number of aliphatic hydroxyl groups excluding tert-OH is 1. The fourth-order valence-corrected chi connectivity index (χ4v) is 1.98. The molecule has 4 heteroatoms. The van der Waals surface area contributed by atoms with E-state index in [0.29, 0.717) is 10.9 Å². The van der Waals surface area contributed by atoms with E-state index in [-0.39, 0.29) is 6.10 Å². The molecule has 1 heterocycles. The molecule has 3 nitrogen and oxygen atoms in total. The van der Waals surface area contributed by atoms with Crippen LogP contribution in [0.3, 0.4) is 0 Å². The number of aliphatic hydroxyl groups is 1. The third kappa shape index (κ3) is 2.10. The van der Waals surface area contributed by atoms with Gasteiger partial charge in [-0.05, 0) is 31.6 Å². The van der Waals surface area contributed by atoms with Crippen molar-refractivity contribution in [2.24, 2.45) is 13.0 Å². The number of hydrogen-bond acceptors (Lipinski definition) is 2. The quantitative estimate of drug-likeness (QED) is 0.830. The molecule has 1 aromatic rings. The molecule has 0 bridgehead atoms. The lowest BCUT2D eigenvalue weighted by Gasteiger charge is -2.08. The van der Waals surface area contributed by atoms with Crippen molar-refractivity contribution in [3.63, 3.8) is 0 Å². The van der Waals surface area contributed by atoms with Crippen molar-refractivity contribution in [3.8, 4) is 0 Å². The average molecular weight is 215 g/mol. The van der Waals surface area contributed by atoms with Gasteiger partial charge in [0.1, 0.15) is 0 Å². The van der Waals surface area contributed by atoms with Crippen LogP contribution in [0.15, 0.2) is 6.20 Å². The molecule has 1 aliphatic carbocycles. The van der Waals surface area contributed by atoms with Gasteiger partial charge in [-0.15, -0.1) is 0 Å². The molecule has 1 aromatic heterocycles. The molecule has 1 saturated carbocycles. The lowest BCUT2D eigenvalue weighted by atomic mass is 10.1. The topological polar surface area (TPSA) is 38.0 Å². The van der Waals surface area contributed by atoms with Crippen LogP contribution in [0, 0.1) is 5.92 Å². The van der Waals surface area contributed by atoms with E-state index in [9.17, 15) is 5.11 Å². The summed E-state index contributed by atoms with van der Waals surface area (Å²) in [6, 6.07) is 0. The largest absolute Gasteiger partial charge is 0.393 e. The fourth-order valence-electron chi connectivity index (χ4n) is 1.72. The van der Waals surface area contributed by atoms with Gasteiger partial charge in [0, 0.05) is 7.05 Å². The van der Waals surface area contributed by atoms with Crippen molar-refractivity contribution in [1.82, 2.24) is 9.78 Å². The SMILES string of the molecule is Cn1ncc(Cl)c1CCC(O)C1CC1. The third-order valence-corrected chi connectivity index (χ3v) is 3.17. The molecule has 1 N–H and O–H groups in total. The average Bonchev–Trinajstić information content (AvgIpc) is 2.93. The molecule has 0 amide bonds. The Labute approximate surface area is 88.7 Å². The predicted octanol–water partition coefficient (Wildman–Crippen LogP) is 1.78. The molecule has 1 unspecified atom stereocenters. The first-order valence-corrected chi connectivity index (χ1v) is 5.40. The van der Waals surface area contributed by atoms with E-state index in [2.05, 4.69) is 5.10 Å². The second-order valence-electron chi connectivity index (χ2n) is 4.01. The standard InChI is InChI=1S/C10H15ClN2O/c1-13-9(8(11)6-12-13)4-5-10(14)7-2-3-7/h6-7,10,14H,2-5H2,1H3. The summed E-state index contributed by atoms with van der Waals surface area (Å²) in [6.45, 7) is 0. The van der Waals surface area contributed by atoms with Gasteiger partial charge in [-0.3, -0.25) is 4.68 Å². The summed E-state index contributed by atoms with van der Waals surface area (Å²) >= 11 is 5.96. The highest BCUT2D eigenvalue weighted by Gasteiger charge is 2.29. The van der Waals surface area contributed by atoms with Crippen LogP contribution in [0.1, 0.15) is 25.0 Å². The zero-order valence-electron chi connectivity index (χ0n) is 8.28. The Morgan fingerprint density at radius 1 is 1.71 bits per heavy atom. The number of halogens is 1. The number of aryl methyl sites for hydroxylation is 1. The monoisotopic (exact) mass is 214 g/mol. The van der Waals surface area contributed by atoms with Gasteiger partial charge in [-0.2, -0.15) is 5.10 Å². The molecule has 14 heavy (non-hydrogen) atoms. The minimum absolute atomic E-state index is 0.152. The maximum absolute atomic E-state index is 9.70. The maximum atomic E-state index is 9.70. The van der Waals surface area contributed by atoms with E-state index < -0.39 is 0 Å². The van der Waals surface area contributed by atoms with Crippen molar-refractivity contribution in [2.45, 2.75) is 31.8 Å². The molecule has 1 aliphatic rings. The Kier molecular flexibility index (Phi) is 2.79. The molecule has 0 aromatic carbocycles. The number of hydrogen-bond donors (Lipinski definition) is 1. The van der Waals surface area contributed by atoms with Crippen LogP contribution in [-0.4, -0.2) is 21.0 Å². The van der Waals surface area contributed by atoms with Crippen molar-refractivity contribution < 1.29 is 5.11 Å². The highest BCUT2D eigenvalue weighted by Crippen LogP contribution is 2.34. The molecule has 0 radical (unpaired) electrons. The van der Waals surface area contributed by atoms with Gasteiger partial charge in [0.05, 0.1) is 23.0 Å². The highest BCUT2D eigenvalue weighted by atomic mass is 35.5. The van der Waals surface area contributed by atoms with E-state index in [1.54, 1.807) is 10.9 Å². The van der Waals surface area contributed by atoms with Gasteiger partial charge in [-0.1, -0.05) is 11.6 Å². The normalized spacial score (nSPS) is 18.5. The lowest BCUT2D eigenvalue weighted by molar-refractivity contribution is 0.141. The summed E-state index contributed by atoms with van der Waals surface area (Å²) in [5.41, 5.74) is 1.02. The molecule has 2 rings (SSSR count). The first kappa shape index (κ1) is 9.99. The molecular weight excluding hydrogens is 200 g/mol.